The number of fused-ring (bicyclic) bond motifs is 4. The van der Waals surface area contributed by atoms with Crippen LogP contribution in [0.3, 0.4) is 0 Å². The highest BCUT2D eigenvalue weighted by Crippen LogP contribution is 2.49. The number of nitrogens with zero attached hydrogens (tertiary/aromatic N) is 7. The number of imide groups is 1. The van der Waals surface area contributed by atoms with Gasteiger partial charge in [0.05, 0.1) is 17.9 Å². The lowest BCUT2D eigenvalue weighted by atomic mass is 9.71. The molecule has 1 spiro atoms. The molecule has 2 aromatic heterocycles. The summed E-state index contributed by atoms with van der Waals surface area (Å²) in [6.45, 7) is 8.96. The summed E-state index contributed by atoms with van der Waals surface area (Å²) >= 11 is 0. The molecule has 7 aliphatic rings. The first-order chi connectivity index (χ1) is 34.7. The molecule has 1 saturated carbocycles. The first kappa shape index (κ1) is 47.3. The Labute approximate surface area is 414 Å². The number of rotatable bonds is 12. The average Bonchev–Trinajstić information content (AvgIpc) is 4.03. The maximum atomic E-state index is 17.2. The number of aromatic hydroxyl groups is 1. The Morgan fingerprint density at radius 3 is 2.22 bits per heavy atom. The van der Waals surface area contributed by atoms with Gasteiger partial charge in [-0.15, -0.1) is 0 Å². The molecule has 380 valence electrons. The number of anilines is 2. The van der Waals surface area contributed by atoms with E-state index in [0.29, 0.717) is 79.0 Å². The fourth-order valence-electron chi connectivity index (χ4n) is 13.0. The summed E-state index contributed by atoms with van der Waals surface area (Å²) < 4.78 is 85.8. The van der Waals surface area contributed by atoms with Crippen molar-refractivity contribution in [2.24, 2.45) is 10.8 Å². The van der Waals surface area contributed by atoms with Gasteiger partial charge in [-0.2, -0.15) is 9.97 Å². The van der Waals surface area contributed by atoms with Crippen molar-refractivity contribution >= 4 is 45.0 Å². The van der Waals surface area contributed by atoms with Gasteiger partial charge in [-0.05, 0) is 117 Å². The lowest BCUT2D eigenvalue weighted by molar-refractivity contribution is -0.134. The van der Waals surface area contributed by atoms with Crippen LogP contribution in [0.25, 0.3) is 32.9 Å². The molecule has 1 aliphatic carbocycles. The van der Waals surface area contributed by atoms with E-state index in [-0.39, 0.29) is 82.7 Å². The molecule has 0 radical (unpaired) electrons. The van der Waals surface area contributed by atoms with Crippen LogP contribution in [0.4, 0.5) is 33.5 Å². The number of benzene rings is 3. The van der Waals surface area contributed by atoms with E-state index in [9.17, 15) is 14.7 Å². The van der Waals surface area contributed by atoms with E-state index in [0.717, 1.165) is 71.2 Å². The van der Waals surface area contributed by atoms with E-state index in [1.54, 1.807) is 23.2 Å². The summed E-state index contributed by atoms with van der Waals surface area (Å²) in [5.74, 6) is -4.51. The van der Waals surface area contributed by atoms with Crippen LogP contribution in [0.5, 0.6) is 11.8 Å². The van der Waals surface area contributed by atoms with Gasteiger partial charge in [-0.1, -0.05) is 13.0 Å². The topological polar surface area (TPSA) is 139 Å². The van der Waals surface area contributed by atoms with Crippen LogP contribution in [0.2, 0.25) is 0 Å². The van der Waals surface area contributed by atoms with Crippen LogP contribution in [0.1, 0.15) is 88.2 Å². The quantitative estimate of drug-likeness (QED) is 0.0835. The molecular formula is C54H60F5N9O4. The highest BCUT2D eigenvalue weighted by molar-refractivity contribution is 6.02. The number of nitrogens with one attached hydrogen (secondary N) is 2. The number of phenols is 1. The van der Waals surface area contributed by atoms with Crippen LogP contribution >= 0.6 is 0 Å². The molecule has 72 heavy (non-hydrogen) atoms. The van der Waals surface area contributed by atoms with Crippen molar-refractivity contribution < 1.29 is 41.4 Å². The van der Waals surface area contributed by atoms with Crippen LogP contribution in [0.15, 0.2) is 42.6 Å². The smallest absolute Gasteiger partial charge is 0.319 e. The van der Waals surface area contributed by atoms with Crippen LogP contribution < -0.4 is 25.2 Å². The van der Waals surface area contributed by atoms with Gasteiger partial charge in [0.15, 0.2) is 5.82 Å². The van der Waals surface area contributed by atoms with Gasteiger partial charge in [0.2, 0.25) is 11.8 Å². The lowest BCUT2D eigenvalue weighted by Gasteiger charge is -2.56. The monoisotopic (exact) mass is 993 g/mol. The molecule has 7 fully saturated rings. The number of piperazine rings is 1. The number of alkyl halides is 1. The zero-order valence-electron chi connectivity index (χ0n) is 40.5. The molecule has 3 unspecified atom stereocenters. The maximum absolute atomic E-state index is 17.2. The van der Waals surface area contributed by atoms with Crippen molar-refractivity contribution in [1.29, 1.82) is 0 Å². The minimum Gasteiger partial charge on any atom is -0.508 e. The van der Waals surface area contributed by atoms with E-state index >= 15 is 22.0 Å². The zero-order chi connectivity index (χ0) is 49.7. The third kappa shape index (κ3) is 8.77. The molecule has 3 N–H and O–H groups in total. The molecule has 2 bridgehead atoms. The average molecular weight is 994 g/mol. The number of aromatic nitrogens is 3. The van der Waals surface area contributed by atoms with Crippen LogP contribution in [-0.4, -0.2) is 131 Å². The number of aryl methyl sites for hydroxylation is 1. The fourth-order valence-corrected chi connectivity index (χ4v) is 13.0. The Hall–Kier alpha value is -5.72. The normalized spacial score (nSPS) is 24.8. The van der Waals surface area contributed by atoms with Crippen molar-refractivity contribution in [3.63, 3.8) is 0 Å². The Morgan fingerprint density at radius 1 is 0.819 bits per heavy atom. The largest absolute Gasteiger partial charge is 0.508 e. The van der Waals surface area contributed by atoms with E-state index < -0.39 is 46.7 Å². The number of hydrogen-bond donors (Lipinski definition) is 3. The molecule has 6 saturated heterocycles. The summed E-state index contributed by atoms with van der Waals surface area (Å²) in [6.07, 6.45) is 8.59. The number of carbonyl (C=O) groups is 2. The molecule has 12 rings (SSSR count). The molecule has 2 amide bonds. The summed E-state index contributed by atoms with van der Waals surface area (Å²) in [4.78, 5) is 46.9. The van der Waals surface area contributed by atoms with Crippen molar-refractivity contribution in [3.05, 3.63) is 77.0 Å². The number of carbonyl (C=O) groups excluding carboxylic acids is 2. The van der Waals surface area contributed by atoms with Crippen molar-refractivity contribution in [3.8, 4) is 23.0 Å². The molecular weight excluding hydrogens is 934 g/mol. The standard InChI is InChI=1S/C54H60F5N9O4/c1-2-36-40(55)7-3-31-19-35(69)22-38(44(31)36)47-46(58)48-39(23-60-47)49(68-24-32-4-5-33(25-68)61-32)64-51(63-48)72-30-53(9-10-53)28-65-15-11-52(12-16-65)26-66(27-52)29-54(59)13-17-67(18-14-54)34-20-41(56)45(42(57)21-34)37-6-8-43(70)62-50(37)71/h3,7,19-23,32-33,37,61,69H,2,4-6,8-18,24-30H2,1H3,(H,62,70,71). The van der Waals surface area contributed by atoms with E-state index in [4.69, 9.17) is 14.7 Å². The van der Waals surface area contributed by atoms with E-state index in [2.05, 4.69) is 30.3 Å². The second kappa shape index (κ2) is 18.0. The highest BCUT2D eigenvalue weighted by atomic mass is 19.2. The molecule has 6 aliphatic heterocycles. The van der Waals surface area contributed by atoms with Gasteiger partial charge in [-0.25, -0.2) is 22.0 Å². The molecule has 5 aromatic rings. The molecule has 18 heteroatoms. The van der Waals surface area contributed by atoms with Gasteiger partial charge in [0.1, 0.15) is 45.9 Å². The Balaban J connectivity index is 0.679. The second-order valence-corrected chi connectivity index (χ2v) is 22.2. The van der Waals surface area contributed by atoms with Crippen LogP contribution in [-0.2, 0) is 16.0 Å². The molecule has 8 heterocycles. The maximum Gasteiger partial charge on any atom is 0.319 e. The van der Waals surface area contributed by atoms with E-state index in [1.807, 2.05) is 6.92 Å². The number of hydrogen-bond acceptors (Lipinski definition) is 12. The molecule has 13 nitrogen and oxygen atoms in total. The third-order valence-electron chi connectivity index (χ3n) is 17.2. The van der Waals surface area contributed by atoms with Crippen molar-refractivity contribution in [2.45, 2.75) is 101 Å². The number of halogens is 5. The van der Waals surface area contributed by atoms with Crippen molar-refractivity contribution in [2.75, 3.05) is 81.9 Å². The van der Waals surface area contributed by atoms with Gasteiger partial charge >= 0.3 is 6.01 Å². The zero-order valence-corrected chi connectivity index (χ0v) is 40.5. The first-order valence-electron chi connectivity index (χ1n) is 25.8. The first-order valence-corrected chi connectivity index (χ1v) is 25.8. The van der Waals surface area contributed by atoms with Gasteiger partial charge in [-0.3, -0.25) is 24.8 Å². The summed E-state index contributed by atoms with van der Waals surface area (Å²) in [5, 5.41) is 18.1. The number of amides is 2. The second-order valence-electron chi connectivity index (χ2n) is 22.2. The Morgan fingerprint density at radius 2 is 1.54 bits per heavy atom. The Bertz CT molecular complexity index is 2950. The minimum atomic E-state index is -1.41. The lowest BCUT2D eigenvalue weighted by Crippen LogP contribution is -2.63. The van der Waals surface area contributed by atoms with Gasteiger partial charge < -0.3 is 29.9 Å². The molecule has 3 atom stereocenters. The predicted octanol–water partition coefficient (Wildman–Crippen LogP) is 7.70. The fraction of sp³-hybridized carbons (Fsp3) is 0.537. The number of piperidine rings is 3. The third-order valence-corrected chi connectivity index (χ3v) is 17.2. The number of ether oxygens (including phenoxy) is 1. The summed E-state index contributed by atoms with van der Waals surface area (Å²) in [7, 11) is 0. The van der Waals surface area contributed by atoms with Crippen LogP contribution in [0, 0.1) is 34.1 Å². The summed E-state index contributed by atoms with van der Waals surface area (Å²) in [6, 6.07) is 9.03. The predicted molar refractivity (Wildman–Crippen MR) is 262 cm³/mol. The summed E-state index contributed by atoms with van der Waals surface area (Å²) in [5.41, 5.74) is -0.641. The Kier molecular flexibility index (Phi) is 11.8. The number of pyridine rings is 1. The van der Waals surface area contributed by atoms with Gasteiger partial charge in [0, 0.05) is 112 Å². The molecule has 3 aromatic carbocycles. The minimum absolute atomic E-state index is 0.0158. The van der Waals surface area contributed by atoms with Gasteiger partial charge in [0.25, 0.3) is 0 Å². The van der Waals surface area contributed by atoms with Crippen molar-refractivity contribution in [1.82, 2.24) is 35.4 Å². The highest BCUT2D eigenvalue weighted by Gasteiger charge is 2.51. The SMILES string of the molecule is CCc1c(F)ccc2cc(O)cc(-c3ncc4c(N5CC6CCC(C5)N6)nc(OCC5(CN6CCC7(CC6)CN(CC6(F)CCN(c8cc(F)c(C9CCC(=O)NC9=O)c(F)c8)CC6)C7)CC5)nc4c3F)c12. The number of phenolic OH excluding ortho intramolecular Hbond substituents is 1. The number of likely N-dealkylation sites (tertiary alicyclic amines) is 2. The van der Waals surface area contributed by atoms with E-state index in [1.165, 1.54) is 24.3 Å².